The van der Waals surface area contributed by atoms with Crippen LogP contribution in [-0.2, 0) is 0 Å². The van der Waals surface area contributed by atoms with Gasteiger partial charge in [0, 0.05) is 10.0 Å². The van der Waals surface area contributed by atoms with Crippen LogP contribution in [0.25, 0.3) is 22.4 Å². The summed E-state index contributed by atoms with van der Waals surface area (Å²) in [7, 11) is 0. The van der Waals surface area contributed by atoms with E-state index >= 15 is 0 Å². The van der Waals surface area contributed by atoms with Crippen molar-refractivity contribution < 1.29 is 4.52 Å². The number of aryl methyl sites for hydroxylation is 2. The molecule has 0 atom stereocenters. The van der Waals surface area contributed by atoms with Gasteiger partial charge in [-0.2, -0.15) is 0 Å². The molecule has 1 aromatic heterocycles. The number of nitrogen functional groups attached to an aromatic ring is 1. The van der Waals surface area contributed by atoms with Gasteiger partial charge in [0.25, 0.3) is 0 Å². The molecular formula is C17H15BrN2O. The summed E-state index contributed by atoms with van der Waals surface area (Å²) < 4.78 is 6.23. The molecule has 0 unspecified atom stereocenters. The number of benzene rings is 2. The van der Waals surface area contributed by atoms with Crippen LogP contribution in [0.4, 0.5) is 5.88 Å². The SMILES string of the molecule is Cc1ccc(-c2noc(N)c2-c2ccccc2C)c(Br)c1. The second-order valence-electron chi connectivity index (χ2n) is 5.07. The molecule has 3 rings (SSSR count). The van der Waals surface area contributed by atoms with Crippen LogP contribution in [-0.4, -0.2) is 5.16 Å². The number of rotatable bonds is 2. The van der Waals surface area contributed by atoms with Gasteiger partial charge in [0.2, 0.25) is 5.88 Å². The van der Waals surface area contributed by atoms with Crippen molar-refractivity contribution in [2.45, 2.75) is 13.8 Å². The van der Waals surface area contributed by atoms with Gasteiger partial charge in [-0.3, -0.25) is 0 Å². The van der Waals surface area contributed by atoms with Crippen LogP contribution in [0.1, 0.15) is 11.1 Å². The van der Waals surface area contributed by atoms with Gasteiger partial charge in [-0.05, 0) is 36.6 Å². The molecular weight excluding hydrogens is 328 g/mol. The summed E-state index contributed by atoms with van der Waals surface area (Å²) in [5, 5.41) is 4.16. The van der Waals surface area contributed by atoms with Gasteiger partial charge in [-0.1, -0.05) is 57.5 Å². The standard InChI is InChI=1S/C17H15BrN2O/c1-10-7-8-13(14(18)9-10)16-15(17(19)21-20-16)12-6-4-3-5-11(12)2/h3-9H,19H2,1-2H3. The van der Waals surface area contributed by atoms with Crippen molar-refractivity contribution in [2.24, 2.45) is 0 Å². The molecule has 106 valence electrons. The third-order valence-electron chi connectivity index (χ3n) is 3.51. The summed E-state index contributed by atoms with van der Waals surface area (Å²) in [6.07, 6.45) is 0. The maximum Gasteiger partial charge on any atom is 0.230 e. The highest BCUT2D eigenvalue weighted by molar-refractivity contribution is 9.10. The molecule has 0 spiro atoms. The second kappa shape index (κ2) is 5.37. The maximum atomic E-state index is 6.02. The molecule has 0 saturated heterocycles. The molecule has 0 aliphatic heterocycles. The molecule has 2 N–H and O–H groups in total. The highest BCUT2D eigenvalue weighted by Crippen LogP contribution is 2.40. The molecule has 3 aromatic rings. The van der Waals surface area contributed by atoms with Gasteiger partial charge in [0.05, 0.1) is 5.56 Å². The lowest BCUT2D eigenvalue weighted by Crippen LogP contribution is -1.91. The number of nitrogens with two attached hydrogens (primary N) is 1. The van der Waals surface area contributed by atoms with Gasteiger partial charge in [0.1, 0.15) is 5.69 Å². The number of aromatic nitrogens is 1. The average molecular weight is 343 g/mol. The Hall–Kier alpha value is -2.07. The zero-order valence-electron chi connectivity index (χ0n) is 11.9. The number of anilines is 1. The van der Waals surface area contributed by atoms with Crippen LogP contribution in [0.15, 0.2) is 51.5 Å². The molecule has 0 aliphatic carbocycles. The molecule has 3 nitrogen and oxygen atoms in total. The van der Waals surface area contributed by atoms with Crippen molar-refractivity contribution in [3.63, 3.8) is 0 Å². The van der Waals surface area contributed by atoms with E-state index in [0.717, 1.165) is 32.4 Å². The first-order chi connectivity index (χ1) is 10.1. The Kier molecular flexibility index (Phi) is 3.55. The minimum atomic E-state index is 0.340. The number of hydrogen-bond acceptors (Lipinski definition) is 3. The molecule has 0 aliphatic rings. The second-order valence-corrected chi connectivity index (χ2v) is 5.92. The van der Waals surface area contributed by atoms with Crippen molar-refractivity contribution in [3.05, 3.63) is 58.1 Å². The Bertz CT molecular complexity index is 808. The first-order valence-electron chi connectivity index (χ1n) is 6.65. The first kappa shape index (κ1) is 13.9. The maximum absolute atomic E-state index is 6.02. The Morgan fingerprint density at radius 2 is 1.81 bits per heavy atom. The molecule has 0 fully saturated rings. The van der Waals surface area contributed by atoms with Crippen LogP contribution in [0, 0.1) is 13.8 Å². The third kappa shape index (κ3) is 2.47. The molecule has 0 saturated carbocycles. The van der Waals surface area contributed by atoms with Gasteiger partial charge in [-0.15, -0.1) is 0 Å². The highest BCUT2D eigenvalue weighted by Gasteiger charge is 2.20. The summed E-state index contributed by atoms with van der Waals surface area (Å²) in [5.74, 6) is 0.340. The lowest BCUT2D eigenvalue weighted by molar-refractivity contribution is 0.439. The van der Waals surface area contributed by atoms with E-state index in [0.29, 0.717) is 5.88 Å². The molecule has 4 heteroatoms. The van der Waals surface area contributed by atoms with Crippen molar-refractivity contribution in [2.75, 3.05) is 5.73 Å². The Morgan fingerprint density at radius 1 is 1.05 bits per heavy atom. The highest BCUT2D eigenvalue weighted by atomic mass is 79.9. The van der Waals surface area contributed by atoms with Crippen LogP contribution in [0.5, 0.6) is 0 Å². The quantitative estimate of drug-likeness (QED) is 0.715. The Labute approximate surface area is 131 Å². The molecule has 0 bridgehead atoms. The minimum absolute atomic E-state index is 0.340. The minimum Gasteiger partial charge on any atom is -0.367 e. The van der Waals surface area contributed by atoms with Crippen molar-refractivity contribution in [1.82, 2.24) is 5.16 Å². The summed E-state index contributed by atoms with van der Waals surface area (Å²) in [6, 6.07) is 14.2. The predicted molar refractivity (Wildman–Crippen MR) is 89.0 cm³/mol. The lowest BCUT2D eigenvalue weighted by atomic mass is 9.97. The van der Waals surface area contributed by atoms with Crippen molar-refractivity contribution in [3.8, 4) is 22.4 Å². The van der Waals surface area contributed by atoms with E-state index in [-0.39, 0.29) is 0 Å². The molecule has 2 aromatic carbocycles. The van der Waals surface area contributed by atoms with E-state index in [1.165, 1.54) is 5.56 Å². The zero-order valence-corrected chi connectivity index (χ0v) is 13.4. The smallest absolute Gasteiger partial charge is 0.230 e. The molecule has 0 radical (unpaired) electrons. The summed E-state index contributed by atoms with van der Waals surface area (Å²) >= 11 is 3.60. The zero-order chi connectivity index (χ0) is 15.0. The van der Waals surface area contributed by atoms with Crippen LogP contribution in [0.3, 0.4) is 0 Å². The van der Waals surface area contributed by atoms with Crippen LogP contribution >= 0.6 is 15.9 Å². The van der Waals surface area contributed by atoms with Gasteiger partial charge in [-0.25, -0.2) is 0 Å². The first-order valence-corrected chi connectivity index (χ1v) is 7.45. The molecule has 21 heavy (non-hydrogen) atoms. The fraction of sp³-hybridized carbons (Fsp3) is 0.118. The average Bonchev–Trinajstić information content (AvgIpc) is 2.81. The van der Waals surface area contributed by atoms with Crippen molar-refractivity contribution in [1.29, 1.82) is 0 Å². The van der Waals surface area contributed by atoms with Crippen molar-refractivity contribution >= 4 is 21.8 Å². The monoisotopic (exact) mass is 342 g/mol. The number of halogens is 1. The van der Waals surface area contributed by atoms with E-state index in [2.05, 4.69) is 40.1 Å². The van der Waals surface area contributed by atoms with E-state index in [9.17, 15) is 0 Å². The number of nitrogens with zero attached hydrogens (tertiary/aromatic N) is 1. The van der Waals surface area contributed by atoms with E-state index < -0.39 is 0 Å². The Morgan fingerprint density at radius 3 is 2.52 bits per heavy atom. The third-order valence-corrected chi connectivity index (χ3v) is 4.17. The molecule has 1 heterocycles. The van der Waals surface area contributed by atoms with Gasteiger partial charge < -0.3 is 10.3 Å². The van der Waals surface area contributed by atoms with E-state index in [1.54, 1.807) is 0 Å². The summed E-state index contributed by atoms with van der Waals surface area (Å²) in [5.41, 5.74) is 11.9. The fourth-order valence-corrected chi connectivity index (χ4v) is 3.09. The largest absolute Gasteiger partial charge is 0.367 e. The molecule has 0 amide bonds. The fourth-order valence-electron chi connectivity index (χ4n) is 2.41. The van der Waals surface area contributed by atoms with Crippen LogP contribution in [0.2, 0.25) is 0 Å². The topological polar surface area (TPSA) is 52.0 Å². The van der Waals surface area contributed by atoms with E-state index in [4.69, 9.17) is 10.3 Å². The summed E-state index contributed by atoms with van der Waals surface area (Å²) in [4.78, 5) is 0. The predicted octanol–water partition coefficient (Wildman–Crippen LogP) is 4.97. The summed E-state index contributed by atoms with van der Waals surface area (Å²) in [6.45, 7) is 4.10. The Balaban J connectivity index is 2.25. The van der Waals surface area contributed by atoms with Crippen LogP contribution < -0.4 is 5.73 Å². The van der Waals surface area contributed by atoms with Gasteiger partial charge in [0.15, 0.2) is 0 Å². The number of hydrogen-bond donors (Lipinski definition) is 1. The van der Waals surface area contributed by atoms with Gasteiger partial charge >= 0.3 is 0 Å². The van der Waals surface area contributed by atoms with E-state index in [1.807, 2.05) is 37.3 Å². The normalized spacial score (nSPS) is 10.8. The lowest BCUT2D eigenvalue weighted by Gasteiger charge is -2.08.